The van der Waals surface area contributed by atoms with E-state index in [1.54, 1.807) is 0 Å². The summed E-state index contributed by atoms with van der Waals surface area (Å²) in [6.45, 7) is 6.38. The summed E-state index contributed by atoms with van der Waals surface area (Å²) in [6.07, 6.45) is 2.37. The molecule has 1 fully saturated rings. The maximum atomic E-state index is 12.5. The number of nitrogens with one attached hydrogen (secondary N) is 1. The highest BCUT2D eigenvalue weighted by molar-refractivity contribution is 5.83. The Labute approximate surface area is 139 Å². The molecular formula is C18H29N3O2. The van der Waals surface area contributed by atoms with E-state index in [1.807, 2.05) is 6.07 Å². The molecule has 0 aliphatic carbocycles. The van der Waals surface area contributed by atoms with Gasteiger partial charge in [-0.3, -0.25) is 4.79 Å². The molecular weight excluding hydrogens is 290 g/mol. The predicted octanol–water partition coefficient (Wildman–Crippen LogP) is 1.77. The van der Waals surface area contributed by atoms with Crippen molar-refractivity contribution in [1.82, 2.24) is 5.32 Å². The van der Waals surface area contributed by atoms with Gasteiger partial charge in [0.2, 0.25) is 5.91 Å². The fraction of sp³-hybridized carbons (Fsp3) is 0.611. The van der Waals surface area contributed by atoms with E-state index in [2.05, 4.69) is 41.4 Å². The molecule has 1 aliphatic heterocycles. The molecule has 0 unspecified atom stereocenters. The fourth-order valence-electron chi connectivity index (χ4n) is 3.05. The Morgan fingerprint density at radius 3 is 2.61 bits per heavy atom. The molecule has 1 amide bonds. The number of carbonyl (C=O) groups is 1. The Balaban J connectivity index is 1.76. The molecule has 5 nitrogen and oxygen atoms in total. The van der Waals surface area contributed by atoms with Crippen molar-refractivity contribution in [3.63, 3.8) is 0 Å². The summed E-state index contributed by atoms with van der Waals surface area (Å²) in [5.74, 6) is 0.0889. The highest BCUT2D eigenvalue weighted by Gasteiger charge is 2.38. The third kappa shape index (κ3) is 4.69. The van der Waals surface area contributed by atoms with E-state index in [-0.39, 0.29) is 5.91 Å². The van der Waals surface area contributed by atoms with Crippen LogP contribution >= 0.6 is 0 Å². The van der Waals surface area contributed by atoms with Gasteiger partial charge in [-0.25, -0.2) is 0 Å². The van der Waals surface area contributed by atoms with Crippen molar-refractivity contribution in [2.75, 3.05) is 44.3 Å². The molecule has 1 aromatic carbocycles. The molecule has 0 radical (unpaired) electrons. The van der Waals surface area contributed by atoms with Crippen LogP contribution in [0.4, 0.5) is 5.69 Å². The minimum atomic E-state index is -0.428. The second-order valence-electron chi connectivity index (χ2n) is 6.12. The van der Waals surface area contributed by atoms with Crippen LogP contribution in [0.25, 0.3) is 0 Å². The Bertz CT molecular complexity index is 472. The van der Waals surface area contributed by atoms with Gasteiger partial charge in [-0.1, -0.05) is 18.2 Å². The number of hydrogen-bond acceptors (Lipinski definition) is 4. The largest absolute Gasteiger partial charge is 0.381 e. The van der Waals surface area contributed by atoms with E-state index in [9.17, 15) is 4.79 Å². The quantitative estimate of drug-likeness (QED) is 0.717. The second kappa shape index (κ2) is 8.89. The molecule has 1 saturated heterocycles. The first-order valence-corrected chi connectivity index (χ1v) is 8.58. The summed E-state index contributed by atoms with van der Waals surface area (Å²) in [4.78, 5) is 14.8. The molecule has 1 aromatic rings. The first kappa shape index (κ1) is 17.8. The Morgan fingerprint density at radius 1 is 1.30 bits per heavy atom. The van der Waals surface area contributed by atoms with E-state index in [0.29, 0.717) is 26.3 Å². The first-order valence-electron chi connectivity index (χ1n) is 8.58. The zero-order chi connectivity index (χ0) is 16.5. The fourth-order valence-corrected chi connectivity index (χ4v) is 3.05. The van der Waals surface area contributed by atoms with Crippen molar-refractivity contribution in [3.05, 3.63) is 30.3 Å². The van der Waals surface area contributed by atoms with Gasteiger partial charge in [0, 0.05) is 45.1 Å². The lowest BCUT2D eigenvalue weighted by atomic mass is 9.79. The standard InChI is InChI=1S/C18H29N3O2/c1-2-21(16-7-4-3-5-8-16)12-6-11-20-17(22)18(15-19)9-13-23-14-10-18/h3-5,7-8H,2,6,9-15,19H2,1H3,(H,20,22). The van der Waals surface area contributed by atoms with E-state index in [0.717, 1.165) is 32.4 Å². The van der Waals surface area contributed by atoms with Gasteiger partial charge in [-0.2, -0.15) is 0 Å². The number of para-hydroxylation sites is 1. The summed E-state index contributed by atoms with van der Waals surface area (Å²) >= 11 is 0. The number of ether oxygens (including phenoxy) is 1. The lowest BCUT2D eigenvalue weighted by molar-refractivity contribution is -0.135. The van der Waals surface area contributed by atoms with Crippen molar-refractivity contribution in [1.29, 1.82) is 0 Å². The Hall–Kier alpha value is -1.59. The van der Waals surface area contributed by atoms with Gasteiger partial charge in [-0.15, -0.1) is 0 Å². The third-order valence-corrected chi connectivity index (χ3v) is 4.72. The van der Waals surface area contributed by atoms with Crippen LogP contribution in [-0.4, -0.2) is 45.3 Å². The second-order valence-corrected chi connectivity index (χ2v) is 6.12. The number of carbonyl (C=O) groups excluding carboxylic acids is 1. The van der Waals surface area contributed by atoms with E-state index in [1.165, 1.54) is 5.69 Å². The molecule has 2 rings (SSSR count). The average Bonchev–Trinajstić information content (AvgIpc) is 2.63. The first-order chi connectivity index (χ1) is 11.2. The number of rotatable bonds is 8. The zero-order valence-electron chi connectivity index (χ0n) is 14.1. The van der Waals surface area contributed by atoms with Gasteiger partial charge in [0.1, 0.15) is 0 Å². The Morgan fingerprint density at radius 2 is 2.00 bits per heavy atom. The van der Waals surface area contributed by atoms with Crippen molar-refractivity contribution in [2.24, 2.45) is 11.1 Å². The summed E-state index contributed by atoms with van der Waals surface area (Å²) in [6, 6.07) is 10.4. The number of nitrogens with zero attached hydrogens (tertiary/aromatic N) is 1. The van der Waals surface area contributed by atoms with Gasteiger partial charge in [-0.05, 0) is 38.3 Å². The average molecular weight is 319 g/mol. The van der Waals surface area contributed by atoms with Crippen LogP contribution in [0.2, 0.25) is 0 Å². The zero-order valence-corrected chi connectivity index (χ0v) is 14.1. The minimum Gasteiger partial charge on any atom is -0.381 e. The number of nitrogens with two attached hydrogens (primary N) is 1. The number of hydrogen-bond donors (Lipinski definition) is 2. The summed E-state index contributed by atoms with van der Waals surface area (Å²) in [7, 11) is 0. The van der Waals surface area contributed by atoms with E-state index < -0.39 is 5.41 Å². The monoisotopic (exact) mass is 319 g/mol. The van der Waals surface area contributed by atoms with E-state index in [4.69, 9.17) is 10.5 Å². The third-order valence-electron chi connectivity index (χ3n) is 4.72. The Kier molecular flexibility index (Phi) is 6.86. The normalized spacial score (nSPS) is 16.8. The lowest BCUT2D eigenvalue weighted by Crippen LogP contribution is -2.49. The number of amides is 1. The van der Waals surface area contributed by atoms with Crippen LogP contribution < -0.4 is 16.0 Å². The molecule has 0 atom stereocenters. The smallest absolute Gasteiger partial charge is 0.227 e. The van der Waals surface area contributed by atoms with Crippen molar-refractivity contribution in [2.45, 2.75) is 26.2 Å². The molecule has 0 aromatic heterocycles. The van der Waals surface area contributed by atoms with Crippen molar-refractivity contribution >= 4 is 11.6 Å². The molecule has 5 heteroatoms. The van der Waals surface area contributed by atoms with Crippen LogP contribution in [0.3, 0.4) is 0 Å². The molecule has 0 spiro atoms. The molecule has 1 aliphatic rings. The van der Waals surface area contributed by atoms with E-state index >= 15 is 0 Å². The topological polar surface area (TPSA) is 67.6 Å². The molecule has 1 heterocycles. The lowest BCUT2D eigenvalue weighted by Gasteiger charge is -2.34. The highest BCUT2D eigenvalue weighted by atomic mass is 16.5. The maximum absolute atomic E-state index is 12.5. The van der Waals surface area contributed by atoms with Crippen LogP contribution in [-0.2, 0) is 9.53 Å². The molecule has 23 heavy (non-hydrogen) atoms. The molecule has 128 valence electrons. The maximum Gasteiger partial charge on any atom is 0.227 e. The summed E-state index contributed by atoms with van der Waals surface area (Å²) < 4.78 is 5.36. The minimum absolute atomic E-state index is 0.0889. The van der Waals surface area contributed by atoms with Crippen molar-refractivity contribution in [3.8, 4) is 0 Å². The molecule has 3 N–H and O–H groups in total. The summed E-state index contributed by atoms with van der Waals surface area (Å²) in [5.41, 5.74) is 6.66. The van der Waals surface area contributed by atoms with Gasteiger partial charge in [0.25, 0.3) is 0 Å². The van der Waals surface area contributed by atoms with Gasteiger partial charge < -0.3 is 20.7 Å². The van der Waals surface area contributed by atoms with Gasteiger partial charge in [0.05, 0.1) is 5.41 Å². The summed E-state index contributed by atoms with van der Waals surface area (Å²) in [5, 5.41) is 3.07. The van der Waals surface area contributed by atoms with Gasteiger partial charge in [0.15, 0.2) is 0 Å². The van der Waals surface area contributed by atoms with Crippen LogP contribution in [0.1, 0.15) is 26.2 Å². The molecule has 0 saturated carbocycles. The van der Waals surface area contributed by atoms with Crippen LogP contribution in [0.5, 0.6) is 0 Å². The van der Waals surface area contributed by atoms with Crippen LogP contribution in [0.15, 0.2) is 30.3 Å². The SMILES string of the molecule is CCN(CCCNC(=O)C1(CN)CCOCC1)c1ccccc1. The molecule has 0 bridgehead atoms. The van der Waals surface area contributed by atoms with Crippen LogP contribution in [0, 0.1) is 5.41 Å². The highest BCUT2D eigenvalue weighted by Crippen LogP contribution is 2.29. The number of benzene rings is 1. The predicted molar refractivity (Wildman–Crippen MR) is 93.5 cm³/mol. The van der Waals surface area contributed by atoms with Gasteiger partial charge >= 0.3 is 0 Å². The number of anilines is 1. The van der Waals surface area contributed by atoms with Crippen molar-refractivity contribution < 1.29 is 9.53 Å².